The molecule has 0 radical (unpaired) electrons. The molecule has 0 amide bonds. The van der Waals surface area contributed by atoms with Gasteiger partial charge < -0.3 is 15.5 Å². The lowest BCUT2D eigenvalue weighted by atomic mass is 10.0. The van der Waals surface area contributed by atoms with Gasteiger partial charge in [-0.1, -0.05) is 31.9 Å². The van der Waals surface area contributed by atoms with E-state index in [1.807, 2.05) is 12.9 Å². The van der Waals surface area contributed by atoms with E-state index in [0.29, 0.717) is 11.3 Å². The van der Waals surface area contributed by atoms with Gasteiger partial charge >= 0.3 is 0 Å². The second-order valence-electron chi connectivity index (χ2n) is 9.03. The molecule has 7 heteroatoms. The summed E-state index contributed by atoms with van der Waals surface area (Å²) in [7, 11) is 2.09. The summed E-state index contributed by atoms with van der Waals surface area (Å²) in [6.45, 7) is 14.9. The molecule has 2 atom stereocenters. The highest BCUT2D eigenvalue weighted by molar-refractivity contribution is 5.56. The normalized spacial score (nSPS) is 22.7. The molecule has 1 aromatic carbocycles. The highest BCUT2D eigenvalue weighted by atomic mass is 19.1. The van der Waals surface area contributed by atoms with Gasteiger partial charge in [-0.2, -0.15) is 0 Å². The van der Waals surface area contributed by atoms with Crippen LogP contribution in [0.25, 0.3) is 0 Å². The molecule has 0 aliphatic carbocycles. The SMILES string of the molecule is C=C=CNC1C2CC/C(=C(/C)C(=C)NCc3ccc(F)cc3F)N2/C(=C(/C=C)C=C=O)CCCN1C. The van der Waals surface area contributed by atoms with E-state index < -0.39 is 11.6 Å². The van der Waals surface area contributed by atoms with Crippen LogP contribution in [0.4, 0.5) is 8.78 Å². The second-order valence-corrected chi connectivity index (χ2v) is 9.03. The molecule has 190 valence electrons. The van der Waals surface area contributed by atoms with Crippen molar-refractivity contribution in [3.8, 4) is 0 Å². The largest absolute Gasteiger partial charge is 0.381 e. The van der Waals surface area contributed by atoms with Crippen molar-refractivity contribution < 1.29 is 13.6 Å². The van der Waals surface area contributed by atoms with E-state index in [1.54, 1.807) is 12.3 Å². The average Bonchev–Trinajstić information content (AvgIpc) is 3.27. The zero-order valence-electron chi connectivity index (χ0n) is 21.0. The van der Waals surface area contributed by atoms with Crippen LogP contribution in [0.15, 0.2) is 90.3 Å². The quantitative estimate of drug-likeness (QED) is 0.392. The number of fused-ring (bicyclic) bond motifs is 1. The van der Waals surface area contributed by atoms with E-state index in [1.165, 1.54) is 18.2 Å². The minimum Gasteiger partial charge on any atom is -0.381 e. The molecule has 2 saturated heterocycles. The monoisotopic (exact) mass is 492 g/mol. The summed E-state index contributed by atoms with van der Waals surface area (Å²) in [6.07, 6.45) is 8.18. The summed E-state index contributed by atoms with van der Waals surface area (Å²) in [4.78, 5) is 15.9. The lowest BCUT2D eigenvalue weighted by Crippen LogP contribution is -2.55. The predicted molar refractivity (Wildman–Crippen MR) is 140 cm³/mol. The van der Waals surface area contributed by atoms with Gasteiger partial charge in [0.2, 0.25) is 0 Å². The van der Waals surface area contributed by atoms with Gasteiger partial charge in [-0.05, 0) is 51.3 Å². The molecule has 5 nitrogen and oxygen atoms in total. The van der Waals surface area contributed by atoms with Crippen LogP contribution in [0, 0.1) is 11.6 Å². The van der Waals surface area contributed by atoms with Crippen molar-refractivity contribution in [2.45, 2.75) is 51.4 Å². The third-order valence-electron chi connectivity index (χ3n) is 6.87. The topological polar surface area (TPSA) is 47.6 Å². The minimum absolute atomic E-state index is 0.0133. The fraction of sp³-hybridized carbons (Fsp3) is 0.345. The number of likely N-dealkylation sites (N-methyl/N-ethyl adjacent to an activating group) is 1. The first-order chi connectivity index (χ1) is 17.3. The number of carbonyl (C=O) groups excluding carboxylic acids is 1. The van der Waals surface area contributed by atoms with Gasteiger partial charge in [0.1, 0.15) is 23.7 Å². The summed E-state index contributed by atoms with van der Waals surface area (Å²) in [5.74, 6) is 0.705. The summed E-state index contributed by atoms with van der Waals surface area (Å²) in [5, 5.41) is 6.63. The molecular formula is C29H34F2N4O. The Balaban J connectivity index is 2.01. The highest BCUT2D eigenvalue weighted by Gasteiger charge is 2.40. The molecule has 2 fully saturated rings. The van der Waals surface area contributed by atoms with Crippen molar-refractivity contribution in [1.29, 1.82) is 0 Å². The molecule has 2 N–H and O–H groups in total. The average molecular weight is 493 g/mol. The summed E-state index contributed by atoms with van der Waals surface area (Å²) < 4.78 is 27.4. The molecule has 0 aromatic heterocycles. The van der Waals surface area contributed by atoms with Crippen molar-refractivity contribution in [3.63, 3.8) is 0 Å². The van der Waals surface area contributed by atoms with Gasteiger partial charge in [-0.15, -0.1) is 5.73 Å². The third-order valence-corrected chi connectivity index (χ3v) is 6.87. The molecular weight excluding hydrogens is 458 g/mol. The number of rotatable bonds is 8. The van der Waals surface area contributed by atoms with Crippen molar-refractivity contribution in [2.75, 3.05) is 13.6 Å². The van der Waals surface area contributed by atoms with Crippen LogP contribution < -0.4 is 10.6 Å². The molecule has 2 heterocycles. The smallest absolute Gasteiger partial charge is 0.131 e. The van der Waals surface area contributed by atoms with Gasteiger partial charge in [-0.25, -0.2) is 13.6 Å². The van der Waals surface area contributed by atoms with Crippen molar-refractivity contribution >= 4 is 5.94 Å². The van der Waals surface area contributed by atoms with Crippen LogP contribution in [0.5, 0.6) is 0 Å². The van der Waals surface area contributed by atoms with Gasteiger partial charge in [0.25, 0.3) is 0 Å². The summed E-state index contributed by atoms with van der Waals surface area (Å²) in [5.41, 5.74) is 7.61. The summed E-state index contributed by atoms with van der Waals surface area (Å²) in [6, 6.07) is 3.62. The van der Waals surface area contributed by atoms with Crippen LogP contribution in [0.3, 0.4) is 0 Å². The first-order valence-corrected chi connectivity index (χ1v) is 12.1. The number of hydrogen-bond donors (Lipinski definition) is 2. The van der Waals surface area contributed by atoms with E-state index in [4.69, 9.17) is 0 Å². The second kappa shape index (κ2) is 12.4. The van der Waals surface area contributed by atoms with Crippen LogP contribution in [0.1, 0.15) is 38.2 Å². The third kappa shape index (κ3) is 5.95. The number of benzene rings is 1. The molecule has 2 unspecified atom stereocenters. The van der Waals surface area contributed by atoms with Gasteiger partial charge in [-0.3, -0.25) is 4.90 Å². The fourth-order valence-electron chi connectivity index (χ4n) is 4.98. The Morgan fingerprint density at radius 1 is 1.28 bits per heavy atom. The Morgan fingerprint density at radius 2 is 2.06 bits per heavy atom. The molecule has 36 heavy (non-hydrogen) atoms. The lowest BCUT2D eigenvalue weighted by molar-refractivity contribution is 0.119. The Kier molecular flexibility index (Phi) is 9.26. The molecule has 3 rings (SSSR count). The minimum atomic E-state index is -0.608. The van der Waals surface area contributed by atoms with Gasteiger partial charge in [0, 0.05) is 59.7 Å². The fourth-order valence-corrected chi connectivity index (χ4v) is 4.98. The standard InChI is InChI=1S/C29H34F2N4O/c1-6-15-32-29-28-13-12-26(20(3)21(4)33-19-23-10-11-24(30)18-25(23)31)35(28)27(9-8-16-34(29)5)22(7-2)14-17-36/h7,10-11,14-15,18,28-29,32-33H,1-2,4,8-9,12-13,16,19H2,3,5H3/b26-20+,27-22-. The maximum Gasteiger partial charge on any atom is 0.131 e. The molecule has 0 bridgehead atoms. The first-order valence-electron chi connectivity index (χ1n) is 12.1. The van der Waals surface area contributed by atoms with Crippen molar-refractivity contribution in [3.05, 3.63) is 107 Å². The number of nitrogens with zero attached hydrogens (tertiary/aromatic N) is 2. The van der Waals surface area contributed by atoms with Crippen LogP contribution in [0.2, 0.25) is 0 Å². The van der Waals surface area contributed by atoms with Crippen LogP contribution in [-0.4, -0.2) is 41.5 Å². The van der Waals surface area contributed by atoms with Crippen molar-refractivity contribution in [1.82, 2.24) is 20.4 Å². The van der Waals surface area contributed by atoms with E-state index in [-0.39, 0.29) is 18.8 Å². The van der Waals surface area contributed by atoms with Crippen LogP contribution in [-0.2, 0) is 11.3 Å². The molecule has 1 aromatic rings. The zero-order chi connectivity index (χ0) is 26.2. The Morgan fingerprint density at radius 3 is 2.72 bits per heavy atom. The van der Waals surface area contributed by atoms with E-state index in [2.05, 4.69) is 52.9 Å². The molecule has 2 aliphatic heterocycles. The Hall–Kier alpha value is -3.63. The van der Waals surface area contributed by atoms with E-state index in [0.717, 1.165) is 60.8 Å². The van der Waals surface area contributed by atoms with Crippen molar-refractivity contribution in [2.24, 2.45) is 0 Å². The molecule has 0 saturated carbocycles. The highest BCUT2D eigenvalue weighted by Crippen LogP contribution is 2.40. The Bertz CT molecular complexity index is 1170. The summed E-state index contributed by atoms with van der Waals surface area (Å²) >= 11 is 0. The maximum atomic E-state index is 14.1. The van der Waals surface area contributed by atoms with E-state index in [9.17, 15) is 13.6 Å². The maximum absolute atomic E-state index is 14.1. The predicted octanol–water partition coefficient (Wildman–Crippen LogP) is 5.07. The zero-order valence-corrected chi connectivity index (χ0v) is 21.0. The number of halogens is 2. The Labute approximate surface area is 212 Å². The van der Waals surface area contributed by atoms with Gasteiger partial charge in [0.15, 0.2) is 0 Å². The molecule has 0 spiro atoms. The lowest BCUT2D eigenvalue weighted by Gasteiger charge is -2.43. The first kappa shape index (κ1) is 27.0. The van der Waals surface area contributed by atoms with Gasteiger partial charge in [0.05, 0.1) is 6.04 Å². The molecule has 2 aliphatic rings. The number of allylic oxidation sites excluding steroid dienone is 6. The number of hydrogen-bond acceptors (Lipinski definition) is 5. The van der Waals surface area contributed by atoms with Crippen LogP contribution >= 0.6 is 0 Å². The van der Waals surface area contributed by atoms with E-state index >= 15 is 0 Å². The number of nitrogens with one attached hydrogen (secondary N) is 2.